The SMILES string of the molecule is COc1ccc(NC(=O)CSc2nnc(N/N=C(C)/C=C/c3ccccc3)n2N)c(OC)c1. The van der Waals surface area contributed by atoms with Crippen LogP contribution in [-0.2, 0) is 4.79 Å². The number of amides is 1. The summed E-state index contributed by atoms with van der Waals surface area (Å²) in [7, 11) is 3.08. The van der Waals surface area contributed by atoms with E-state index < -0.39 is 0 Å². The molecule has 1 amide bonds. The highest BCUT2D eigenvalue weighted by Crippen LogP contribution is 2.29. The number of allylic oxidation sites excluding steroid dienone is 1. The number of thioether (sulfide) groups is 1. The highest BCUT2D eigenvalue weighted by molar-refractivity contribution is 7.99. The number of hydrazone groups is 1. The van der Waals surface area contributed by atoms with Crippen LogP contribution in [0.1, 0.15) is 12.5 Å². The molecule has 0 saturated carbocycles. The zero-order valence-corrected chi connectivity index (χ0v) is 19.3. The molecule has 0 aliphatic rings. The number of rotatable bonds is 10. The van der Waals surface area contributed by atoms with Crippen molar-refractivity contribution >= 4 is 41.1 Å². The number of ether oxygens (including phenoxy) is 2. The first kappa shape index (κ1) is 23.7. The van der Waals surface area contributed by atoms with Gasteiger partial charge >= 0.3 is 0 Å². The van der Waals surface area contributed by atoms with Crippen LogP contribution in [-0.4, -0.2) is 46.5 Å². The second kappa shape index (κ2) is 11.6. The van der Waals surface area contributed by atoms with Crippen LogP contribution in [0.3, 0.4) is 0 Å². The van der Waals surface area contributed by atoms with Gasteiger partial charge in [-0.15, -0.1) is 10.2 Å². The van der Waals surface area contributed by atoms with Gasteiger partial charge < -0.3 is 20.6 Å². The molecule has 2 aromatic carbocycles. The molecule has 0 spiro atoms. The Morgan fingerprint density at radius 1 is 1.18 bits per heavy atom. The standard InChI is InChI=1S/C22H25N7O3S/c1-15(9-10-16-7-5-4-6-8-16)25-26-21-27-28-22(29(21)23)33-14-20(30)24-18-12-11-17(31-2)13-19(18)32-3/h4-13H,14,23H2,1-3H3,(H,24,30)(H,26,27)/b10-9+,25-15+. The lowest BCUT2D eigenvalue weighted by Crippen LogP contribution is -2.17. The molecule has 3 rings (SSSR count). The van der Waals surface area contributed by atoms with E-state index in [9.17, 15) is 4.79 Å². The number of nitrogen functional groups attached to an aromatic ring is 1. The number of hydrogen-bond acceptors (Lipinski definition) is 9. The van der Waals surface area contributed by atoms with Gasteiger partial charge in [-0.2, -0.15) is 5.10 Å². The number of benzene rings is 2. The maximum Gasteiger partial charge on any atom is 0.264 e. The topological polar surface area (TPSA) is 129 Å². The molecule has 1 heterocycles. The monoisotopic (exact) mass is 467 g/mol. The van der Waals surface area contributed by atoms with Crippen LogP contribution in [0.4, 0.5) is 11.6 Å². The molecule has 172 valence electrons. The van der Waals surface area contributed by atoms with Crippen molar-refractivity contribution in [3.63, 3.8) is 0 Å². The van der Waals surface area contributed by atoms with Crippen molar-refractivity contribution in [2.45, 2.75) is 12.1 Å². The molecular weight excluding hydrogens is 442 g/mol. The van der Waals surface area contributed by atoms with Crippen LogP contribution in [0.25, 0.3) is 6.08 Å². The lowest BCUT2D eigenvalue weighted by Gasteiger charge is -2.11. The van der Waals surface area contributed by atoms with Gasteiger partial charge in [-0.05, 0) is 30.7 Å². The minimum absolute atomic E-state index is 0.0760. The van der Waals surface area contributed by atoms with Crippen molar-refractivity contribution in [2.75, 3.05) is 36.6 Å². The number of anilines is 2. The summed E-state index contributed by atoms with van der Waals surface area (Å²) in [6.07, 6.45) is 3.82. The lowest BCUT2D eigenvalue weighted by atomic mass is 10.2. The third-order valence-corrected chi connectivity index (χ3v) is 5.27. The summed E-state index contributed by atoms with van der Waals surface area (Å²) in [6, 6.07) is 15.0. The number of methoxy groups -OCH3 is 2. The Balaban J connectivity index is 1.54. The summed E-state index contributed by atoms with van der Waals surface area (Å²) in [5.41, 5.74) is 5.11. The van der Waals surface area contributed by atoms with E-state index in [-0.39, 0.29) is 17.6 Å². The Kier molecular flexibility index (Phi) is 8.30. The summed E-state index contributed by atoms with van der Waals surface area (Å²) in [4.78, 5) is 12.4. The lowest BCUT2D eigenvalue weighted by molar-refractivity contribution is -0.113. The fourth-order valence-electron chi connectivity index (χ4n) is 2.63. The first-order chi connectivity index (χ1) is 16.0. The smallest absolute Gasteiger partial charge is 0.264 e. The van der Waals surface area contributed by atoms with Crippen LogP contribution in [0.5, 0.6) is 11.5 Å². The number of carbonyl (C=O) groups excluding carboxylic acids is 1. The highest BCUT2D eigenvalue weighted by atomic mass is 32.2. The molecule has 33 heavy (non-hydrogen) atoms. The summed E-state index contributed by atoms with van der Waals surface area (Å²) in [6.45, 7) is 1.84. The number of carbonyl (C=O) groups is 1. The molecule has 0 aliphatic heterocycles. The van der Waals surface area contributed by atoms with Crippen molar-refractivity contribution < 1.29 is 14.3 Å². The van der Waals surface area contributed by atoms with Crippen molar-refractivity contribution in [3.05, 3.63) is 60.2 Å². The van der Waals surface area contributed by atoms with E-state index in [0.717, 1.165) is 23.0 Å². The van der Waals surface area contributed by atoms with Gasteiger partial charge in [0.05, 0.1) is 31.4 Å². The van der Waals surface area contributed by atoms with Gasteiger partial charge in [-0.3, -0.25) is 4.79 Å². The number of nitrogens with zero attached hydrogens (tertiary/aromatic N) is 4. The summed E-state index contributed by atoms with van der Waals surface area (Å²) < 4.78 is 11.7. The molecule has 0 saturated heterocycles. The van der Waals surface area contributed by atoms with E-state index in [1.807, 2.05) is 49.4 Å². The molecule has 0 unspecified atom stereocenters. The molecule has 1 aromatic heterocycles. The van der Waals surface area contributed by atoms with Gasteiger partial charge in [0.15, 0.2) is 0 Å². The Bertz CT molecular complexity index is 1150. The predicted octanol–water partition coefficient (Wildman–Crippen LogP) is 3.24. The summed E-state index contributed by atoms with van der Waals surface area (Å²) in [5.74, 6) is 7.23. The second-order valence-corrected chi connectivity index (χ2v) is 7.63. The largest absolute Gasteiger partial charge is 0.497 e. The maximum atomic E-state index is 12.4. The van der Waals surface area contributed by atoms with Crippen molar-refractivity contribution in [1.82, 2.24) is 14.9 Å². The van der Waals surface area contributed by atoms with Gasteiger partial charge in [0.25, 0.3) is 5.95 Å². The zero-order valence-electron chi connectivity index (χ0n) is 18.5. The average Bonchev–Trinajstić information content (AvgIpc) is 3.20. The number of nitrogens with two attached hydrogens (primary N) is 1. The van der Waals surface area contributed by atoms with Crippen LogP contribution >= 0.6 is 11.8 Å². The van der Waals surface area contributed by atoms with Crippen molar-refractivity contribution in [1.29, 1.82) is 0 Å². The quantitative estimate of drug-likeness (QED) is 0.179. The first-order valence-corrected chi connectivity index (χ1v) is 10.9. The van der Waals surface area contributed by atoms with E-state index >= 15 is 0 Å². The molecule has 4 N–H and O–H groups in total. The number of nitrogens with one attached hydrogen (secondary N) is 2. The summed E-state index contributed by atoms with van der Waals surface area (Å²) in [5, 5.41) is 15.4. The Labute approximate surface area is 195 Å². The van der Waals surface area contributed by atoms with Gasteiger partial charge in [0, 0.05) is 6.07 Å². The molecule has 0 fully saturated rings. The molecular formula is C22H25N7O3S. The minimum Gasteiger partial charge on any atom is -0.497 e. The molecule has 0 bridgehead atoms. The van der Waals surface area contributed by atoms with E-state index in [2.05, 4.69) is 26.0 Å². The van der Waals surface area contributed by atoms with E-state index in [4.69, 9.17) is 15.3 Å². The third kappa shape index (κ3) is 6.74. The van der Waals surface area contributed by atoms with Gasteiger partial charge in [-0.25, -0.2) is 10.1 Å². The molecule has 10 nitrogen and oxygen atoms in total. The Morgan fingerprint density at radius 3 is 2.70 bits per heavy atom. The van der Waals surface area contributed by atoms with Crippen LogP contribution in [0.15, 0.2) is 64.9 Å². The molecule has 0 aliphatic carbocycles. The van der Waals surface area contributed by atoms with Crippen LogP contribution < -0.4 is 26.1 Å². The van der Waals surface area contributed by atoms with Gasteiger partial charge in [-0.1, -0.05) is 48.2 Å². The third-order valence-electron chi connectivity index (χ3n) is 4.33. The first-order valence-electron chi connectivity index (χ1n) is 9.88. The Morgan fingerprint density at radius 2 is 1.97 bits per heavy atom. The van der Waals surface area contributed by atoms with Crippen molar-refractivity contribution in [2.24, 2.45) is 5.10 Å². The second-order valence-electron chi connectivity index (χ2n) is 6.69. The average molecular weight is 468 g/mol. The maximum absolute atomic E-state index is 12.4. The zero-order chi connectivity index (χ0) is 23.6. The molecule has 11 heteroatoms. The highest BCUT2D eigenvalue weighted by Gasteiger charge is 2.14. The number of hydrogen-bond donors (Lipinski definition) is 3. The predicted molar refractivity (Wildman–Crippen MR) is 131 cm³/mol. The van der Waals surface area contributed by atoms with Crippen LogP contribution in [0, 0.1) is 0 Å². The molecule has 3 aromatic rings. The minimum atomic E-state index is -0.249. The fraction of sp³-hybridized carbons (Fsp3) is 0.182. The van der Waals surface area contributed by atoms with E-state index in [1.54, 1.807) is 25.3 Å². The Hall–Kier alpha value is -3.99. The molecule has 0 atom stereocenters. The van der Waals surface area contributed by atoms with E-state index in [1.165, 1.54) is 11.8 Å². The normalized spacial score (nSPS) is 11.4. The summed E-state index contributed by atoms with van der Waals surface area (Å²) >= 11 is 1.14. The van der Waals surface area contributed by atoms with E-state index in [0.29, 0.717) is 22.3 Å². The van der Waals surface area contributed by atoms with Gasteiger partial charge in [0.2, 0.25) is 11.1 Å². The van der Waals surface area contributed by atoms with Crippen LogP contribution in [0.2, 0.25) is 0 Å². The van der Waals surface area contributed by atoms with Gasteiger partial charge in [0.1, 0.15) is 11.5 Å². The number of aromatic nitrogens is 3. The molecule has 0 radical (unpaired) electrons. The van der Waals surface area contributed by atoms with Crippen molar-refractivity contribution in [3.8, 4) is 11.5 Å². The fourth-order valence-corrected chi connectivity index (χ4v) is 3.28.